The monoisotopic (exact) mass is 267 g/mol. The number of aliphatic carboxylic acids is 1. The average Bonchev–Trinajstić information content (AvgIpc) is 2.45. The first-order chi connectivity index (χ1) is 9.65. The van der Waals surface area contributed by atoms with E-state index in [2.05, 4.69) is 17.6 Å². The van der Waals surface area contributed by atoms with Gasteiger partial charge >= 0.3 is 5.97 Å². The minimum atomic E-state index is -0.958. The SMILES string of the molecule is C=CCN(CC(=O)O)c1cc(C#N)c2ccccc2n1. The highest BCUT2D eigenvalue weighted by atomic mass is 16.4. The number of anilines is 1. The first kappa shape index (κ1) is 13.6. The summed E-state index contributed by atoms with van der Waals surface area (Å²) < 4.78 is 0. The second-order valence-electron chi connectivity index (χ2n) is 4.22. The molecule has 5 heteroatoms. The number of aromatic nitrogens is 1. The third kappa shape index (κ3) is 2.75. The zero-order chi connectivity index (χ0) is 14.5. The zero-order valence-corrected chi connectivity index (χ0v) is 10.8. The van der Waals surface area contributed by atoms with E-state index in [9.17, 15) is 10.1 Å². The largest absolute Gasteiger partial charge is 0.480 e. The molecule has 0 spiro atoms. The summed E-state index contributed by atoms with van der Waals surface area (Å²) in [5.41, 5.74) is 1.14. The molecule has 1 aromatic carbocycles. The molecule has 0 unspecified atom stereocenters. The lowest BCUT2D eigenvalue weighted by Crippen LogP contribution is -2.30. The number of nitrogens with zero attached hydrogens (tertiary/aromatic N) is 3. The maximum Gasteiger partial charge on any atom is 0.323 e. The molecule has 0 amide bonds. The molecule has 0 fully saturated rings. The molecule has 20 heavy (non-hydrogen) atoms. The predicted molar refractivity (Wildman–Crippen MR) is 76.5 cm³/mol. The summed E-state index contributed by atoms with van der Waals surface area (Å²) in [6.07, 6.45) is 1.60. The van der Waals surface area contributed by atoms with Crippen molar-refractivity contribution in [2.45, 2.75) is 0 Å². The van der Waals surface area contributed by atoms with Gasteiger partial charge in [0.25, 0.3) is 0 Å². The molecule has 1 aromatic heterocycles. The first-order valence-corrected chi connectivity index (χ1v) is 6.03. The number of carbonyl (C=O) groups is 1. The van der Waals surface area contributed by atoms with E-state index < -0.39 is 5.97 Å². The average molecular weight is 267 g/mol. The van der Waals surface area contributed by atoms with Crippen LogP contribution in [0.2, 0.25) is 0 Å². The third-order valence-corrected chi connectivity index (χ3v) is 2.82. The molecule has 0 bridgehead atoms. The topological polar surface area (TPSA) is 77.2 Å². The van der Waals surface area contributed by atoms with Crippen molar-refractivity contribution in [1.29, 1.82) is 5.26 Å². The molecule has 0 radical (unpaired) electrons. The summed E-state index contributed by atoms with van der Waals surface area (Å²) in [7, 11) is 0. The Kier molecular flexibility index (Phi) is 3.96. The van der Waals surface area contributed by atoms with Crippen molar-refractivity contribution in [3.63, 3.8) is 0 Å². The molecule has 0 aliphatic rings. The zero-order valence-electron chi connectivity index (χ0n) is 10.8. The number of pyridine rings is 1. The lowest BCUT2D eigenvalue weighted by atomic mass is 10.1. The molecule has 0 saturated carbocycles. The number of para-hydroxylation sites is 1. The van der Waals surface area contributed by atoms with Crippen LogP contribution in [0.15, 0.2) is 43.0 Å². The summed E-state index contributed by atoms with van der Waals surface area (Å²) in [6, 6.07) is 11.0. The maximum absolute atomic E-state index is 10.9. The van der Waals surface area contributed by atoms with Gasteiger partial charge in [-0.25, -0.2) is 4.98 Å². The van der Waals surface area contributed by atoms with E-state index in [1.807, 2.05) is 18.2 Å². The van der Waals surface area contributed by atoms with E-state index in [4.69, 9.17) is 5.11 Å². The van der Waals surface area contributed by atoms with Crippen molar-refractivity contribution in [3.05, 3.63) is 48.6 Å². The summed E-state index contributed by atoms with van der Waals surface area (Å²) >= 11 is 0. The van der Waals surface area contributed by atoms with Gasteiger partial charge < -0.3 is 10.0 Å². The van der Waals surface area contributed by atoms with Gasteiger partial charge in [-0.2, -0.15) is 5.26 Å². The molecule has 0 saturated heterocycles. The van der Waals surface area contributed by atoms with Gasteiger partial charge in [0.2, 0.25) is 0 Å². The fourth-order valence-corrected chi connectivity index (χ4v) is 1.97. The lowest BCUT2D eigenvalue weighted by molar-refractivity contribution is -0.135. The lowest BCUT2D eigenvalue weighted by Gasteiger charge is -2.20. The Morgan fingerprint density at radius 1 is 1.50 bits per heavy atom. The van der Waals surface area contributed by atoms with Crippen molar-refractivity contribution in [2.24, 2.45) is 0 Å². The van der Waals surface area contributed by atoms with Gasteiger partial charge in [0.15, 0.2) is 0 Å². The van der Waals surface area contributed by atoms with Gasteiger partial charge in [-0.3, -0.25) is 4.79 Å². The number of hydrogen-bond donors (Lipinski definition) is 1. The molecule has 0 aliphatic carbocycles. The molecule has 0 aliphatic heterocycles. The van der Waals surface area contributed by atoms with Crippen LogP contribution in [0.25, 0.3) is 10.9 Å². The Bertz CT molecular complexity index is 704. The molecule has 5 nitrogen and oxygen atoms in total. The fraction of sp³-hybridized carbons (Fsp3) is 0.133. The normalized spacial score (nSPS) is 9.95. The van der Waals surface area contributed by atoms with Crippen molar-refractivity contribution in [3.8, 4) is 6.07 Å². The molecule has 2 aromatic rings. The molecular formula is C15H13N3O2. The van der Waals surface area contributed by atoms with Crippen LogP contribution < -0.4 is 4.90 Å². The molecule has 1 N–H and O–H groups in total. The minimum absolute atomic E-state index is 0.192. The second-order valence-corrected chi connectivity index (χ2v) is 4.22. The fourth-order valence-electron chi connectivity index (χ4n) is 1.97. The highest BCUT2D eigenvalue weighted by Crippen LogP contribution is 2.22. The maximum atomic E-state index is 10.9. The van der Waals surface area contributed by atoms with Crippen LogP contribution in [0.3, 0.4) is 0 Å². The third-order valence-electron chi connectivity index (χ3n) is 2.82. The van der Waals surface area contributed by atoms with E-state index in [0.29, 0.717) is 23.4 Å². The highest BCUT2D eigenvalue weighted by molar-refractivity contribution is 5.87. The molecule has 100 valence electrons. The summed E-state index contributed by atoms with van der Waals surface area (Å²) in [6.45, 7) is 3.77. The number of benzene rings is 1. The van der Waals surface area contributed by atoms with Crippen LogP contribution >= 0.6 is 0 Å². The van der Waals surface area contributed by atoms with Gasteiger partial charge in [0.05, 0.1) is 17.1 Å². The number of nitriles is 1. The second kappa shape index (κ2) is 5.85. The standard InChI is InChI=1S/C15H13N3O2/c1-2-7-18(10-15(19)20)14-8-11(9-16)12-5-3-4-6-13(12)17-14/h2-6,8H,1,7,10H2,(H,19,20). The molecular weight excluding hydrogens is 254 g/mol. The van der Waals surface area contributed by atoms with Gasteiger partial charge in [-0.1, -0.05) is 24.3 Å². The van der Waals surface area contributed by atoms with Crippen LogP contribution in [0, 0.1) is 11.3 Å². The predicted octanol–water partition coefficient (Wildman–Crippen LogP) is 2.18. The Hall–Kier alpha value is -2.87. The number of rotatable bonds is 5. The quantitative estimate of drug-likeness (QED) is 0.840. The van der Waals surface area contributed by atoms with E-state index in [-0.39, 0.29) is 6.54 Å². The first-order valence-electron chi connectivity index (χ1n) is 6.03. The number of hydrogen-bond acceptors (Lipinski definition) is 4. The smallest absolute Gasteiger partial charge is 0.323 e. The number of carboxylic acids is 1. The van der Waals surface area contributed by atoms with Gasteiger partial charge in [-0.15, -0.1) is 6.58 Å². The van der Waals surface area contributed by atoms with Crippen LogP contribution in [0.5, 0.6) is 0 Å². The molecule has 0 atom stereocenters. The van der Waals surface area contributed by atoms with Crippen LogP contribution in [-0.2, 0) is 4.79 Å². The van der Waals surface area contributed by atoms with Gasteiger partial charge in [0, 0.05) is 11.9 Å². The van der Waals surface area contributed by atoms with Gasteiger partial charge in [0.1, 0.15) is 12.4 Å². The Balaban J connectivity index is 2.55. The summed E-state index contributed by atoms with van der Waals surface area (Å²) in [5.74, 6) is -0.497. The summed E-state index contributed by atoms with van der Waals surface area (Å²) in [5, 5.41) is 18.9. The van der Waals surface area contributed by atoms with E-state index in [0.717, 1.165) is 5.39 Å². The van der Waals surface area contributed by atoms with E-state index in [1.54, 1.807) is 23.1 Å². The van der Waals surface area contributed by atoms with Crippen LogP contribution in [0.1, 0.15) is 5.56 Å². The van der Waals surface area contributed by atoms with E-state index in [1.165, 1.54) is 0 Å². The number of fused-ring (bicyclic) bond motifs is 1. The van der Waals surface area contributed by atoms with Gasteiger partial charge in [-0.05, 0) is 12.1 Å². The Labute approximate surface area is 116 Å². The molecule has 1 heterocycles. The Morgan fingerprint density at radius 2 is 2.25 bits per heavy atom. The number of carboxylic acid groups (broad SMARTS) is 1. The van der Waals surface area contributed by atoms with Crippen molar-refractivity contribution < 1.29 is 9.90 Å². The van der Waals surface area contributed by atoms with Crippen molar-refractivity contribution in [1.82, 2.24) is 4.98 Å². The highest BCUT2D eigenvalue weighted by Gasteiger charge is 2.13. The summed E-state index contributed by atoms with van der Waals surface area (Å²) in [4.78, 5) is 16.9. The minimum Gasteiger partial charge on any atom is -0.480 e. The van der Waals surface area contributed by atoms with Crippen LogP contribution in [0.4, 0.5) is 5.82 Å². The van der Waals surface area contributed by atoms with Crippen LogP contribution in [-0.4, -0.2) is 29.1 Å². The molecule has 2 rings (SSSR count). The van der Waals surface area contributed by atoms with E-state index >= 15 is 0 Å². The van der Waals surface area contributed by atoms with Crippen molar-refractivity contribution >= 4 is 22.7 Å². The Morgan fingerprint density at radius 3 is 2.90 bits per heavy atom. The van der Waals surface area contributed by atoms with Crippen molar-refractivity contribution in [2.75, 3.05) is 18.0 Å².